The van der Waals surface area contributed by atoms with Crippen LogP contribution in [0.1, 0.15) is 18.1 Å². The molecule has 118 valence electrons. The first-order valence-corrected chi connectivity index (χ1v) is 6.80. The van der Waals surface area contributed by atoms with Gasteiger partial charge in [-0.2, -0.15) is 5.10 Å². The van der Waals surface area contributed by atoms with Gasteiger partial charge in [0.15, 0.2) is 0 Å². The second kappa shape index (κ2) is 6.15. The third-order valence-corrected chi connectivity index (χ3v) is 3.29. The average Bonchev–Trinajstić information content (AvgIpc) is 2.87. The molecule has 0 aliphatic carbocycles. The first kappa shape index (κ1) is 16.0. The third-order valence-electron chi connectivity index (χ3n) is 3.29. The van der Waals surface area contributed by atoms with E-state index >= 15 is 0 Å². The number of carbonyl (C=O) groups excluding carboxylic acids is 1. The highest BCUT2D eigenvalue weighted by molar-refractivity contribution is 5.89. The normalized spacial score (nSPS) is 13.5. The molecule has 2 amide bonds. The molecule has 22 heavy (non-hydrogen) atoms. The molecular formula is C15H19FN4O2. The molecule has 0 saturated carbocycles. The van der Waals surface area contributed by atoms with Crippen molar-refractivity contribution in [2.75, 3.05) is 11.9 Å². The second-order valence-corrected chi connectivity index (χ2v) is 5.47. The van der Waals surface area contributed by atoms with Gasteiger partial charge < -0.3 is 15.7 Å². The number of urea groups is 1. The maximum Gasteiger partial charge on any atom is 0.319 e. The van der Waals surface area contributed by atoms with E-state index in [-0.39, 0.29) is 12.2 Å². The number of benzene rings is 1. The fourth-order valence-electron chi connectivity index (χ4n) is 1.94. The molecule has 1 atom stereocenters. The molecule has 0 saturated heterocycles. The van der Waals surface area contributed by atoms with Crippen LogP contribution in [0.25, 0.3) is 0 Å². The highest BCUT2D eigenvalue weighted by Crippen LogP contribution is 2.19. The maximum absolute atomic E-state index is 13.6. The average molecular weight is 306 g/mol. The van der Waals surface area contributed by atoms with Crippen LogP contribution in [0.2, 0.25) is 0 Å². The van der Waals surface area contributed by atoms with E-state index in [0.717, 1.165) is 5.56 Å². The van der Waals surface area contributed by atoms with Crippen LogP contribution in [0.15, 0.2) is 30.6 Å². The number of hydrogen-bond acceptors (Lipinski definition) is 3. The smallest absolute Gasteiger partial charge is 0.319 e. The highest BCUT2D eigenvalue weighted by Gasteiger charge is 2.25. The lowest BCUT2D eigenvalue weighted by atomic mass is 10.00. The van der Waals surface area contributed by atoms with E-state index in [1.54, 1.807) is 37.8 Å². The fraction of sp³-hybridized carbons (Fsp3) is 0.333. The quantitative estimate of drug-likeness (QED) is 0.807. The molecule has 7 heteroatoms. The van der Waals surface area contributed by atoms with E-state index in [1.807, 2.05) is 0 Å². The molecule has 1 heterocycles. The third kappa shape index (κ3) is 3.82. The molecule has 2 aromatic rings. The van der Waals surface area contributed by atoms with Crippen LogP contribution >= 0.6 is 0 Å². The number of aromatic nitrogens is 2. The van der Waals surface area contributed by atoms with E-state index in [4.69, 9.17) is 0 Å². The molecule has 2 rings (SSSR count). The van der Waals surface area contributed by atoms with Crippen LogP contribution in [0.5, 0.6) is 0 Å². The van der Waals surface area contributed by atoms with Gasteiger partial charge >= 0.3 is 6.03 Å². The van der Waals surface area contributed by atoms with Gasteiger partial charge in [0.1, 0.15) is 11.4 Å². The Bertz CT molecular complexity index is 682. The summed E-state index contributed by atoms with van der Waals surface area (Å²) >= 11 is 0. The molecule has 0 aliphatic heterocycles. The molecule has 6 nitrogen and oxygen atoms in total. The van der Waals surface area contributed by atoms with Crippen LogP contribution in [0.4, 0.5) is 14.9 Å². The zero-order valence-corrected chi connectivity index (χ0v) is 12.7. The zero-order chi connectivity index (χ0) is 16.3. The van der Waals surface area contributed by atoms with Crippen molar-refractivity contribution in [1.82, 2.24) is 15.1 Å². The van der Waals surface area contributed by atoms with E-state index in [0.29, 0.717) is 5.56 Å². The van der Waals surface area contributed by atoms with Gasteiger partial charge in [-0.3, -0.25) is 4.68 Å². The number of carbonyl (C=O) groups is 1. The summed E-state index contributed by atoms with van der Waals surface area (Å²) in [7, 11) is 1.74. The Morgan fingerprint density at radius 2 is 2.23 bits per heavy atom. The zero-order valence-electron chi connectivity index (χ0n) is 12.7. The first-order valence-electron chi connectivity index (χ1n) is 6.80. The summed E-state index contributed by atoms with van der Waals surface area (Å²) in [5.74, 6) is -0.505. The second-order valence-electron chi connectivity index (χ2n) is 5.47. The fourth-order valence-corrected chi connectivity index (χ4v) is 1.94. The summed E-state index contributed by atoms with van der Waals surface area (Å²) < 4.78 is 15.2. The molecule has 0 aliphatic rings. The van der Waals surface area contributed by atoms with Crippen LogP contribution in [0, 0.1) is 12.7 Å². The Morgan fingerprint density at radius 1 is 1.50 bits per heavy atom. The number of amides is 2. The van der Waals surface area contributed by atoms with E-state index in [2.05, 4.69) is 15.7 Å². The number of aryl methyl sites for hydroxylation is 2. The Labute approximate surface area is 128 Å². The van der Waals surface area contributed by atoms with Crippen LogP contribution in [0.3, 0.4) is 0 Å². The summed E-state index contributed by atoms with van der Waals surface area (Å²) in [5, 5.41) is 19.2. The SMILES string of the molecule is Cc1ccc(NC(=O)NCC(C)(O)c2cnn(C)c2)c(F)c1. The number of nitrogens with one attached hydrogen (secondary N) is 2. The van der Waals surface area contributed by atoms with Crippen molar-refractivity contribution < 1.29 is 14.3 Å². The summed E-state index contributed by atoms with van der Waals surface area (Å²) in [6.07, 6.45) is 3.19. The minimum Gasteiger partial charge on any atom is -0.383 e. The number of halogens is 1. The lowest BCUT2D eigenvalue weighted by molar-refractivity contribution is 0.0599. The van der Waals surface area contributed by atoms with E-state index in [9.17, 15) is 14.3 Å². The van der Waals surface area contributed by atoms with Crippen molar-refractivity contribution in [2.45, 2.75) is 19.4 Å². The molecular weight excluding hydrogens is 287 g/mol. The van der Waals surface area contributed by atoms with Crippen LogP contribution in [-0.2, 0) is 12.6 Å². The summed E-state index contributed by atoms with van der Waals surface area (Å²) in [5.41, 5.74) is 0.168. The predicted molar refractivity (Wildman–Crippen MR) is 80.9 cm³/mol. The van der Waals surface area contributed by atoms with Gasteiger partial charge in [0, 0.05) is 18.8 Å². The molecule has 1 aromatic carbocycles. The highest BCUT2D eigenvalue weighted by atomic mass is 19.1. The molecule has 0 radical (unpaired) electrons. The van der Waals surface area contributed by atoms with Gasteiger partial charge in [-0.05, 0) is 31.5 Å². The summed E-state index contributed by atoms with van der Waals surface area (Å²) in [6.45, 7) is 3.30. The Balaban J connectivity index is 1.95. The van der Waals surface area contributed by atoms with Gasteiger partial charge in [0.25, 0.3) is 0 Å². The molecule has 0 bridgehead atoms. The standard InChI is InChI=1S/C15H19FN4O2/c1-10-4-5-13(12(16)6-10)19-14(21)17-9-15(2,22)11-7-18-20(3)8-11/h4-8,22H,9H2,1-3H3,(H2,17,19,21). The van der Waals surface area contributed by atoms with Gasteiger partial charge in [-0.25, -0.2) is 9.18 Å². The Hall–Kier alpha value is -2.41. The number of rotatable bonds is 4. The Kier molecular flexibility index (Phi) is 4.46. The van der Waals surface area contributed by atoms with E-state index < -0.39 is 17.4 Å². The van der Waals surface area contributed by atoms with Crippen molar-refractivity contribution in [1.29, 1.82) is 0 Å². The lowest BCUT2D eigenvalue weighted by Crippen LogP contribution is -2.40. The lowest BCUT2D eigenvalue weighted by Gasteiger charge is -2.22. The van der Waals surface area contributed by atoms with Gasteiger partial charge in [0.2, 0.25) is 0 Å². The molecule has 1 unspecified atom stereocenters. The number of nitrogens with zero attached hydrogens (tertiary/aromatic N) is 2. The maximum atomic E-state index is 13.6. The van der Waals surface area contributed by atoms with Gasteiger partial charge in [-0.1, -0.05) is 6.07 Å². The van der Waals surface area contributed by atoms with Gasteiger partial charge in [-0.15, -0.1) is 0 Å². The van der Waals surface area contributed by atoms with E-state index in [1.165, 1.54) is 18.3 Å². The van der Waals surface area contributed by atoms with Crippen molar-refractivity contribution in [2.24, 2.45) is 7.05 Å². The van der Waals surface area contributed by atoms with Gasteiger partial charge in [0.05, 0.1) is 18.4 Å². The largest absolute Gasteiger partial charge is 0.383 e. The Morgan fingerprint density at radius 3 is 2.82 bits per heavy atom. The molecule has 0 spiro atoms. The molecule has 0 fully saturated rings. The van der Waals surface area contributed by atoms with Crippen LogP contribution in [-0.4, -0.2) is 27.5 Å². The van der Waals surface area contributed by atoms with Crippen LogP contribution < -0.4 is 10.6 Å². The predicted octanol–water partition coefficient (Wildman–Crippen LogP) is 1.90. The monoisotopic (exact) mass is 306 g/mol. The molecule has 1 aromatic heterocycles. The topological polar surface area (TPSA) is 79.2 Å². The first-order chi connectivity index (χ1) is 10.3. The van der Waals surface area contributed by atoms with Crippen molar-refractivity contribution >= 4 is 11.7 Å². The minimum atomic E-state index is -1.27. The summed E-state index contributed by atoms with van der Waals surface area (Å²) in [6, 6.07) is 3.93. The number of aliphatic hydroxyl groups is 1. The summed E-state index contributed by atoms with van der Waals surface area (Å²) in [4.78, 5) is 11.8. The van der Waals surface area contributed by atoms with Crippen molar-refractivity contribution in [3.05, 3.63) is 47.5 Å². The van der Waals surface area contributed by atoms with Crippen molar-refractivity contribution in [3.8, 4) is 0 Å². The van der Waals surface area contributed by atoms with Crippen molar-refractivity contribution in [3.63, 3.8) is 0 Å². The number of anilines is 1. The minimum absolute atomic E-state index is 0.0298. The molecule has 3 N–H and O–H groups in total. The number of hydrogen-bond donors (Lipinski definition) is 3.